The SMILES string of the molecule is C=C[C@H]1CC[C@H](C=O)O1. The molecule has 9 heavy (non-hydrogen) atoms. The van der Waals surface area contributed by atoms with E-state index in [1.54, 1.807) is 6.08 Å². The molecule has 1 heterocycles. The molecule has 2 heteroatoms. The van der Waals surface area contributed by atoms with Crippen molar-refractivity contribution in [2.45, 2.75) is 25.0 Å². The van der Waals surface area contributed by atoms with Gasteiger partial charge in [-0.2, -0.15) is 0 Å². The highest BCUT2D eigenvalue weighted by Gasteiger charge is 2.21. The minimum atomic E-state index is -0.173. The van der Waals surface area contributed by atoms with Crippen molar-refractivity contribution in [2.75, 3.05) is 0 Å². The first-order valence-corrected chi connectivity index (χ1v) is 3.10. The second-order valence-corrected chi connectivity index (χ2v) is 2.16. The summed E-state index contributed by atoms with van der Waals surface area (Å²) in [4.78, 5) is 10.1. The van der Waals surface area contributed by atoms with E-state index in [0.29, 0.717) is 0 Å². The van der Waals surface area contributed by atoms with E-state index in [1.165, 1.54) is 0 Å². The minimum Gasteiger partial charge on any atom is -0.363 e. The number of carbonyl (C=O) groups excluding carboxylic acids is 1. The van der Waals surface area contributed by atoms with Gasteiger partial charge in [-0.3, -0.25) is 0 Å². The third-order valence-electron chi connectivity index (χ3n) is 1.50. The first-order valence-electron chi connectivity index (χ1n) is 3.10. The van der Waals surface area contributed by atoms with Gasteiger partial charge < -0.3 is 9.53 Å². The van der Waals surface area contributed by atoms with E-state index in [4.69, 9.17) is 4.74 Å². The molecular formula is C7H10O2. The predicted molar refractivity (Wildman–Crippen MR) is 34.2 cm³/mol. The zero-order chi connectivity index (χ0) is 6.69. The third-order valence-corrected chi connectivity index (χ3v) is 1.50. The van der Waals surface area contributed by atoms with Crippen LogP contribution in [-0.4, -0.2) is 18.5 Å². The van der Waals surface area contributed by atoms with Gasteiger partial charge in [0.2, 0.25) is 0 Å². The van der Waals surface area contributed by atoms with Crippen LogP contribution >= 0.6 is 0 Å². The summed E-state index contributed by atoms with van der Waals surface area (Å²) in [6.07, 6.45) is 4.31. The monoisotopic (exact) mass is 126 g/mol. The summed E-state index contributed by atoms with van der Waals surface area (Å²) in [6.45, 7) is 3.57. The number of ether oxygens (including phenoxy) is 1. The maximum atomic E-state index is 10.1. The van der Waals surface area contributed by atoms with Crippen molar-refractivity contribution in [1.82, 2.24) is 0 Å². The number of rotatable bonds is 2. The molecule has 0 aliphatic carbocycles. The third kappa shape index (κ3) is 1.39. The number of carbonyl (C=O) groups is 1. The molecule has 0 saturated carbocycles. The maximum Gasteiger partial charge on any atom is 0.148 e. The Morgan fingerprint density at radius 2 is 2.11 bits per heavy atom. The molecule has 2 nitrogen and oxygen atoms in total. The second kappa shape index (κ2) is 2.78. The fourth-order valence-electron chi connectivity index (χ4n) is 0.963. The Bertz CT molecular complexity index is 106. The van der Waals surface area contributed by atoms with Gasteiger partial charge in [0.15, 0.2) is 0 Å². The Hall–Kier alpha value is -0.630. The molecule has 0 aromatic rings. The molecule has 0 unspecified atom stereocenters. The molecule has 50 valence electrons. The lowest BCUT2D eigenvalue weighted by Gasteiger charge is -2.01. The summed E-state index contributed by atoms with van der Waals surface area (Å²) in [5, 5.41) is 0. The van der Waals surface area contributed by atoms with Gasteiger partial charge >= 0.3 is 0 Å². The molecule has 1 rings (SSSR count). The molecule has 1 aliphatic rings. The van der Waals surface area contributed by atoms with Crippen molar-refractivity contribution < 1.29 is 9.53 Å². The normalized spacial score (nSPS) is 34.2. The van der Waals surface area contributed by atoms with E-state index in [0.717, 1.165) is 19.1 Å². The van der Waals surface area contributed by atoms with Gasteiger partial charge in [-0.1, -0.05) is 6.08 Å². The second-order valence-electron chi connectivity index (χ2n) is 2.16. The van der Waals surface area contributed by atoms with Crippen molar-refractivity contribution in [3.05, 3.63) is 12.7 Å². The molecular weight excluding hydrogens is 116 g/mol. The van der Waals surface area contributed by atoms with Crippen LogP contribution in [0.5, 0.6) is 0 Å². The molecule has 0 aromatic carbocycles. The smallest absolute Gasteiger partial charge is 0.148 e. The lowest BCUT2D eigenvalue weighted by molar-refractivity contribution is -0.116. The summed E-state index contributed by atoms with van der Waals surface area (Å²) in [7, 11) is 0. The van der Waals surface area contributed by atoms with E-state index in [-0.39, 0.29) is 12.2 Å². The Labute approximate surface area is 54.5 Å². The summed E-state index contributed by atoms with van der Waals surface area (Å²) in [6, 6.07) is 0. The predicted octanol–water partition coefficient (Wildman–Crippen LogP) is 0.919. The van der Waals surface area contributed by atoms with Gasteiger partial charge in [0.25, 0.3) is 0 Å². The van der Waals surface area contributed by atoms with Crippen molar-refractivity contribution >= 4 is 6.29 Å². The number of hydrogen-bond donors (Lipinski definition) is 0. The van der Waals surface area contributed by atoms with Gasteiger partial charge in [-0.15, -0.1) is 6.58 Å². The largest absolute Gasteiger partial charge is 0.363 e. The fraction of sp³-hybridized carbons (Fsp3) is 0.571. The molecule has 0 amide bonds. The average molecular weight is 126 g/mol. The van der Waals surface area contributed by atoms with Crippen molar-refractivity contribution in [1.29, 1.82) is 0 Å². The van der Waals surface area contributed by atoms with Gasteiger partial charge in [-0.25, -0.2) is 0 Å². The van der Waals surface area contributed by atoms with Crippen molar-refractivity contribution in [3.63, 3.8) is 0 Å². The first-order chi connectivity index (χ1) is 4.36. The number of aldehydes is 1. The van der Waals surface area contributed by atoms with Crippen LogP contribution in [0.4, 0.5) is 0 Å². The van der Waals surface area contributed by atoms with Crippen molar-refractivity contribution in [2.24, 2.45) is 0 Å². The summed E-state index contributed by atoms with van der Waals surface area (Å²) < 4.78 is 5.17. The lowest BCUT2D eigenvalue weighted by Crippen LogP contribution is -2.09. The highest BCUT2D eigenvalue weighted by atomic mass is 16.5. The van der Waals surface area contributed by atoms with Crippen LogP contribution in [0.1, 0.15) is 12.8 Å². The van der Waals surface area contributed by atoms with E-state index in [2.05, 4.69) is 6.58 Å². The van der Waals surface area contributed by atoms with Crippen LogP contribution in [0.15, 0.2) is 12.7 Å². The standard InChI is InChI=1S/C7H10O2/c1-2-6-3-4-7(5-8)9-6/h2,5-7H,1,3-4H2/t6-,7+/m0/s1. The maximum absolute atomic E-state index is 10.1. The Kier molecular flexibility index (Phi) is 2.01. The van der Waals surface area contributed by atoms with Gasteiger partial charge in [0.1, 0.15) is 12.4 Å². The molecule has 0 radical (unpaired) electrons. The van der Waals surface area contributed by atoms with Gasteiger partial charge in [0, 0.05) is 0 Å². The van der Waals surface area contributed by atoms with E-state index < -0.39 is 0 Å². The zero-order valence-electron chi connectivity index (χ0n) is 5.25. The topological polar surface area (TPSA) is 26.3 Å². The lowest BCUT2D eigenvalue weighted by atomic mass is 10.2. The molecule has 2 atom stereocenters. The van der Waals surface area contributed by atoms with Crippen LogP contribution in [0.3, 0.4) is 0 Å². The van der Waals surface area contributed by atoms with Gasteiger partial charge in [0.05, 0.1) is 6.10 Å². The highest BCUT2D eigenvalue weighted by Crippen LogP contribution is 2.17. The average Bonchev–Trinajstić information content (AvgIpc) is 2.34. The van der Waals surface area contributed by atoms with Crippen LogP contribution in [0.2, 0.25) is 0 Å². The van der Waals surface area contributed by atoms with E-state index in [1.807, 2.05) is 0 Å². The molecule has 0 bridgehead atoms. The van der Waals surface area contributed by atoms with Crippen LogP contribution in [0, 0.1) is 0 Å². The minimum absolute atomic E-state index is 0.111. The first kappa shape index (κ1) is 6.49. The molecule has 1 aliphatic heterocycles. The highest BCUT2D eigenvalue weighted by molar-refractivity contribution is 5.56. The van der Waals surface area contributed by atoms with Crippen molar-refractivity contribution in [3.8, 4) is 0 Å². The summed E-state index contributed by atoms with van der Waals surface area (Å²) in [5.74, 6) is 0. The molecule has 1 fully saturated rings. The molecule has 0 aromatic heterocycles. The Morgan fingerprint density at radius 3 is 2.44 bits per heavy atom. The Balaban J connectivity index is 2.36. The zero-order valence-corrected chi connectivity index (χ0v) is 5.25. The van der Waals surface area contributed by atoms with Gasteiger partial charge in [-0.05, 0) is 12.8 Å². The summed E-state index contributed by atoms with van der Waals surface area (Å²) >= 11 is 0. The Morgan fingerprint density at radius 1 is 1.44 bits per heavy atom. The summed E-state index contributed by atoms with van der Waals surface area (Å²) in [5.41, 5.74) is 0. The quantitative estimate of drug-likeness (QED) is 0.406. The molecule has 0 spiro atoms. The fourth-order valence-corrected chi connectivity index (χ4v) is 0.963. The van der Waals surface area contributed by atoms with Crippen LogP contribution < -0.4 is 0 Å². The molecule has 1 saturated heterocycles. The number of hydrogen-bond acceptors (Lipinski definition) is 2. The molecule has 0 N–H and O–H groups in total. The van der Waals surface area contributed by atoms with Crippen LogP contribution in [-0.2, 0) is 9.53 Å². The van der Waals surface area contributed by atoms with Crippen LogP contribution in [0.25, 0.3) is 0 Å². The van der Waals surface area contributed by atoms with E-state index in [9.17, 15) is 4.79 Å². The van der Waals surface area contributed by atoms with E-state index >= 15 is 0 Å².